The maximum absolute atomic E-state index is 5.94. The molecule has 5 heteroatoms. The average Bonchev–Trinajstić information content (AvgIpc) is 2.64. The first-order chi connectivity index (χ1) is 12.2. The van der Waals surface area contributed by atoms with Gasteiger partial charge in [0.25, 0.3) is 0 Å². The first kappa shape index (κ1) is 18.2. The molecule has 3 rings (SSSR count). The Morgan fingerprint density at radius 2 is 1.68 bits per heavy atom. The van der Waals surface area contributed by atoms with Gasteiger partial charge < -0.3 is 0 Å². The van der Waals surface area contributed by atoms with Crippen LogP contribution in [-0.2, 0) is 6.54 Å². The SMILES string of the molecule is Clc1ccc(CN2CCN(/N=C\C(Br)=C\c3ccccc3)CC2)cc1. The van der Waals surface area contributed by atoms with Gasteiger partial charge in [-0.3, -0.25) is 9.91 Å². The van der Waals surface area contributed by atoms with Crippen molar-refractivity contribution in [1.29, 1.82) is 0 Å². The van der Waals surface area contributed by atoms with Crippen molar-refractivity contribution in [2.24, 2.45) is 5.10 Å². The lowest BCUT2D eigenvalue weighted by Gasteiger charge is -2.33. The van der Waals surface area contributed by atoms with E-state index in [4.69, 9.17) is 11.6 Å². The van der Waals surface area contributed by atoms with Crippen LogP contribution in [0.25, 0.3) is 6.08 Å². The number of hydrogen-bond acceptors (Lipinski definition) is 3. The third-order valence-corrected chi connectivity index (χ3v) is 4.80. The second kappa shape index (κ2) is 9.18. The van der Waals surface area contributed by atoms with Gasteiger partial charge in [0.15, 0.2) is 0 Å². The van der Waals surface area contributed by atoms with Gasteiger partial charge in [-0.1, -0.05) is 54.1 Å². The van der Waals surface area contributed by atoms with E-state index in [9.17, 15) is 0 Å². The van der Waals surface area contributed by atoms with Gasteiger partial charge in [-0.2, -0.15) is 5.10 Å². The molecule has 0 aromatic heterocycles. The molecule has 2 aromatic carbocycles. The topological polar surface area (TPSA) is 18.8 Å². The second-order valence-corrected chi connectivity index (χ2v) is 7.39. The van der Waals surface area contributed by atoms with Crippen molar-refractivity contribution in [3.05, 3.63) is 75.2 Å². The van der Waals surface area contributed by atoms with Crippen LogP contribution in [-0.4, -0.2) is 42.3 Å². The Labute approximate surface area is 162 Å². The van der Waals surface area contributed by atoms with E-state index in [0.29, 0.717) is 0 Å². The highest BCUT2D eigenvalue weighted by molar-refractivity contribution is 9.12. The molecule has 0 unspecified atom stereocenters. The molecule has 130 valence electrons. The Bertz CT molecular complexity index is 720. The second-order valence-electron chi connectivity index (χ2n) is 6.04. The van der Waals surface area contributed by atoms with Crippen molar-refractivity contribution in [2.75, 3.05) is 26.2 Å². The number of hydrogen-bond donors (Lipinski definition) is 0. The van der Waals surface area contributed by atoms with Crippen molar-refractivity contribution in [3.63, 3.8) is 0 Å². The summed E-state index contributed by atoms with van der Waals surface area (Å²) >= 11 is 9.51. The largest absolute Gasteiger partial charge is 0.295 e. The average molecular weight is 419 g/mol. The van der Waals surface area contributed by atoms with E-state index in [1.54, 1.807) is 0 Å². The molecule has 1 heterocycles. The molecule has 1 saturated heterocycles. The minimum Gasteiger partial charge on any atom is -0.295 e. The minimum absolute atomic E-state index is 0.789. The van der Waals surface area contributed by atoms with Crippen LogP contribution in [0.4, 0.5) is 0 Å². The van der Waals surface area contributed by atoms with Crippen LogP contribution in [0.1, 0.15) is 11.1 Å². The molecule has 0 bridgehead atoms. The first-order valence-electron chi connectivity index (χ1n) is 8.37. The van der Waals surface area contributed by atoms with Gasteiger partial charge in [0.1, 0.15) is 0 Å². The number of allylic oxidation sites excluding steroid dienone is 1. The summed E-state index contributed by atoms with van der Waals surface area (Å²) in [5, 5.41) is 7.49. The Kier molecular flexibility index (Phi) is 6.68. The van der Waals surface area contributed by atoms with Crippen molar-refractivity contribution in [3.8, 4) is 0 Å². The van der Waals surface area contributed by atoms with E-state index in [0.717, 1.165) is 47.8 Å². The molecule has 25 heavy (non-hydrogen) atoms. The van der Waals surface area contributed by atoms with Crippen molar-refractivity contribution >= 4 is 39.8 Å². The molecule has 1 aliphatic heterocycles. The van der Waals surface area contributed by atoms with Gasteiger partial charge in [-0.25, -0.2) is 0 Å². The van der Waals surface area contributed by atoms with Crippen LogP contribution in [0.3, 0.4) is 0 Å². The Morgan fingerprint density at radius 1 is 1.00 bits per heavy atom. The number of halogens is 2. The molecular weight excluding hydrogens is 398 g/mol. The smallest absolute Gasteiger partial charge is 0.0612 e. The summed E-state index contributed by atoms with van der Waals surface area (Å²) in [5.41, 5.74) is 2.46. The lowest BCUT2D eigenvalue weighted by Crippen LogP contribution is -2.43. The predicted molar refractivity (Wildman–Crippen MR) is 110 cm³/mol. The molecule has 3 nitrogen and oxygen atoms in total. The normalized spacial score (nSPS) is 16.6. The summed E-state index contributed by atoms with van der Waals surface area (Å²) in [7, 11) is 0. The molecule has 0 spiro atoms. The van der Waals surface area contributed by atoms with Crippen LogP contribution in [0.5, 0.6) is 0 Å². The van der Waals surface area contributed by atoms with Gasteiger partial charge in [-0.05, 0) is 45.3 Å². The fraction of sp³-hybridized carbons (Fsp3) is 0.250. The Balaban J connectivity index is 1.47. The van der Waals surface area contributed by atoms with Crippen LogP contribution in [0, 0.1) is 0 Å². The van der Waals surface area contributed by atoms with E-state index in [1.165, 1.54) is 5.56 Å². The molecule has 0 atom stereocenters. The fourth-order valence-electron chi connectivity index (χ4n) is 2.74. The molecular formula is C20H21BrClN3. The Morgan fingerprint density at radius 3 is 2.36 bits per heavy atom. The number of nitrogens with zero attached hydrogens (tertiary/aromatic N) is 3. The molecule has 0 amide bonds. The minimum atomic E-state index is 0.789. The summed E-state index contributed by atoms with van der Waals surface area (Å²) in [6, 6.07) is 18.3. The van der Waals surface area contributed by atoms with E-state index in [2.05, 4.69) is 61.3 Å². The zero-order chi connectivity index (χ0) is 17.5. The summed E-state index contributed by atoms with van der Waals surface area (Å²) in [6.07, 6.45) is 3.95. The first-order valence-corrected chi connectivity index (χ1v) is 9.54. The molecule has 1 aliphatic rings. The van der Waals surface area contributed by atoms with E-state index < -0.39 is 0 Å². The van der Waals surface area contributed by atoms with Crippen molar-refractivity contribution < 1.29 is 0 Å². The third kappa shape index (κ3) is 5.99. The van der Waals surface area contributed by atoms with Crippen LogP contribution in [0.2, 0.25) is 5.02 Å². The number of piperazine rings is 1. The predicted octanol–water partition coefficient (Wildman–Crippen LogP) is 4.88. The molecule has 0 radical (unpaired) electrons. The maximum atomic E-state index is 5.94. The Hall–Kier alpha value is -1.62. The lowest BCUT2D eigenvalue weighted by atomic mass is 10.2. The number of hydrazone groups is 1. The van der Waals surface area contributed by atoms with E-state index in [-0.39, 0.29) is 0 Å². The molecule has 0 N–H and O–H groups in total. The highest BCUT2D eigenvalue weighted by atomic mass is 79.9. The summed E-state index contributed by atoms with van der Waals surface area (Å²) < 4.78 is 0.974. The lowest BCUT2D eigenvalue weighted by molar-refractivity contribution is 0.131. The van der Waals surface area contributed by atoms with Gasteiger partial charge in [0.2, 0.25) is 0 Å². The van der Waals surface area contributed by atoms with Gasteiger partial charge in [-0.15, -0.1) is 0 Å². The molecule has 0 saturated carbocycles. The van der Waals surface area contributed by atoms with Crippen molar-refractivity contribution in [1.82, 2.24) is 9.91 Å². The highest BCUT2D eigenvalue weighted by Crippen LogP contribution is 2.14. The maximum Gasteiger partial charge on any atom is 0.0612 e. The number of benzene rings is 2. The molecule has 0 aliphatic carbocycles. The van der Waals surface area contributed by atoms with Crippen LogP contribution < -0.4 is 0 Å². The van der Waals surface area contributed by atoms with Gasteiger partial charge >= 0.3 is 0 Å². The zero-order valence-corrected chi connectivity index (χ0v) is 16.3. The van der Waals surface area contributed by atoms with Crippen LogP contribution in [0.15, 0.2) is 64.2 Å². The summed E-state index contributed by atoms with van der Waals surface area (Å²) in [5.74, 6) is 0. The highest BCUT2D eigenvalue weighted by Gasteiger charge is 2.15. The monoisotopic (exact) mass is 417 g/mol. The molecule has 2 aromatic rings. The van der Waals surface area contributed by atoms with Gasteiger partial charge in [0, 0.05) is 42.2 Å². The molecule has 1 fully saturated rings. The number of rotatable bonds is 5. The van der Waals surface area contributed by atoms with Crippen LogP contribution >= 0.6 is 27.5 Å². The standard InChI is InChI=1S/C20H21BrClN3/c21-19(14-17-4-2-1-3-5-17)15-23-25-12-10-24(11-13-25)16-18-6-8-20(22)9-7-18/h1-9,14-15H,10-13,16H2/b19-14-,23-15-. The van der Waals surface area contributed by atoms with E-state index in [1.807, 2.05) is 36.5 Å². The fourth-order valence-corrected chi connectivity index (χ4v) is 3.22. The quantitative estimate of drug-likeness (QED) is 0.645. The van der Waals surface area contributed by atoms with Gasteiger partial charge in [0.05, 0.1) is 6.21 Å². The van der Waals surface area contributed by atoms with E-state index >= 15 is 0 Å². The summed E-state index contributed by atoms with van der Waals surface area (Å²) in [4.78, 5) is 2.45. The van der Waals surface area contributed by atoms with Crippen molar-refractivity contribution in [2.45, 2.75) is 6.54 Å². The zero-order valence-electron chi connectivity index (χ0n) is 14.0. The summed E-state index contributed by atoms with van der Waals surface area (Å²) in [6.45, 7) is 4.87. The third-order valence-electron chi connectivity index (χ3n) is 4.12.